The number of benzene rings is 2. The molecule has 134 valence electrons. The van der Waals surface area contributed by atoms with E-state index < -0.39 is 5.97 Å². The van der Waals surface area contributed by atoms with Crippen LogP contribution in [-0.4, -0.2) is 24.3 Å². The average molecular weight is 363 g/mol. The molecule has 0 saturated heterocycles. The van der Waals surface area contributed by atoms with Crippen LogP contribution >= 0.6 is 11.6 Å². The van der Waals surface area contributed by atoms with Gasteiger partial charge < -0.3 is 14.6 Å². The van der Waals surface area contributed by atoms with Crippen LogP contribution in [-0.2, 0) is 17.6 Å². The molecule has 25 heavy (non-hydrogen) atoms. The molecular formula is C20H23ClO4. The minimum atomic E-state index is -0.838. The first-order valence-corrected chi connectivity index (χ1v) is 8.81. The second-order valence-electron chi connectivity index (χ2n) is 5.67. The lowest BCUT2D eigenvalue weighted by atomic mass is 10.1. The minimum absolute atomic E-state index is 0.0547. The van der Waals surface area contributed by atoms with E-state index in [9.17, 15) is 4.79 Å². The zero-order valence-electron chi connectivity index (χ0n) is 14.3. The fourth-order valence-corrected chi connectivity index (χ4v) is 2.80. The first kappa shape index (κ1) is 19.1. The van der Waals surface area contributed by atoms with E-state index in [1.165, 1.54) is 5.56 Å². The number of hydrogen-bond donors (Lipinski definition) is 1. The molecule has 2 rings (SSSR count). The van der Waals surface area contributed by atoms with Crippen molar-refractivity contribution in [3.05, 3.63) is 58.6 Å². The standard InChI is InChI=1S/C20H23ClO4/c1-2-24-18-14-16(10-11-19(22)23)13-17(21)20(18)25-12-6-9-15-7-4-3-5-8-15/h3-5,7-8,13-14H,2,6,9-12H2,1H3,(H,22,23). The molecule has 0 bridgehead atoms. The van der Waals surface area contributed by atoms with Crippen molar-refractivity contribution < 1.29 is 19.4 Å². The molecular weight excluding hydrogens is 340 g/mol. The largest absolute Gasteiger partial charge is 0.490 e. The van der Waals surface area contributed by atoms with E-state index in [0.29, 0.717) is 36.2 Å². The third-order valence-electron chi connectivity index (χ3n) is 3.70. The molecule has 2 aromatic rings. The Kier molecular flexibility index (Phi) is 7.61. The number of aliphatic carboxylic acids is 1. The predicted octanol–water partition coefficient (Wildman–Crippen LogP) is 4.77. The predicted molar refractivity (Wildman–Crippen MR) is 98.8 cm³/mol. The molecule has 0 aromatic heterocycles. The number of hydrogen-bond acceptors (Lipinski definition) is 3. The highest BCUT2D eigenvalue weighted by molar-refractivity contribution is 6.32. The van der Waals surface area contributed by atoms with Crippen LogP contribution in [0.15, 0.2) is 42.5 Å². The molecule has 0 radical (unpaired) electrons. The molecule has 0 aliphatic heterocycles. The van der Waals surface area contributed by atoms with Gasteiger partial charge in [0.05, 0.1) is 18.2 Å². The van der Waals surface area contributed by atoms with E-state index in [0.717, 1.165) is 18.4 Å². The van der Waals surface area contributed by atoms with E-state index in [2.05, 4.69) is 12.1 Å². The summed E-state index contributed by atoms with van der Waals surface area (Å²) in [4.78, 5) is 10.7. The van der Waals surface area contributed by atoms with Crippen molar-refractivity contribution in [2.45, 2.75) is 32.6 Å². The number of halogens is 1. The summed E-state index contributed by atoms with van der Waals surface area (Å²) in [5.41, 5.74) is 2.10. The Morgan fingerprint density at radius 1 is 1.08 bits per heavy atom. The third kappa shape index (κ3) is 6.31. The van der Waals surface area contributed by atoms with E-state index in [1.807, 2.05) is 31.2 Å². The molecule has 0 aliphatic carbocycles. The molecule has 0 heterocycles. The van der Waals surface area contributed by atoms with Crippen molar-refractivity contribution in [1.82, 2.24) is 0 Å². The van der Waals surface area contributed by atoms with Gasteiger partial charge in [-0.3, -0.25) is 4.79 Å². The van der Waals surface area contributed by atoms with Gasteiger partial charge in [0.1, 0.15) is 0 Å². The van der Waals surface area contributed by atoms with Crippen molar-refractivity contribution in [1.29, 1.82) is 0 Å². The lowest BCUT2D eigenvalue weighted by Crippen LogP contribution is -2.04. The van der Waals surface area contributed by atoms with Crippen LogP contribution in [0.4, 0.5) is 0 Å². The summed E-state index contributed by atoms with van der Waals surface area (Å²) in [5, 5.41) is 9.27. The van der Waals surface area contributed by atoms with Gasteiger partial charge in [0.25, 0.3) is 0 Å². The molecule has 0 saturated carbocycles. The number of aryl methyl sites for hydroxylation is 2. The molecule has 0 aliphatic rings. The number of rotatable bonds is 10. The van der Waals surface area contributed by atoms with Gasteiger partial charge in [-0.1, -0.05) is 41.9 Å². The summed E-state index contributed by atoms with van der Waals surface area (Å²) in [6.07, 6.45) is 2.26. The highest BCUT2D eigenvalue weighted by Crippen LogP contribution is 2.37. The summed E-state index contributed by atoms with van der Waals surface area (Å²) in [6, 6.07) is 13.8. The summed E-state index contributed by atoms with van der Waals surface area (Å²) >= 11 is 6.33. The summed E-state index contributed by atoms with van der Waals surface area (Å²) in [6.45, 7) is 2.90. The number of carboxylic acids is 1. The van der Waals surface area contributed by atoms with Gasteiger partial charge in [0.2, 0.25) is 0 Å². The Bertz CT molecular complexity index is 686. The molecule has 1 N–H and O–H groups in total. The normalized spacial score (nSPS) is 10.5. The third-order valence-corrected chi connectivity index (χ3v) is 3.98. The van der Waals surface area contributed by atoms with Crippen LogP contribution in [0, 0.1) is 0 Å². The second kappa shape index (κ2) is 9.94. The maximum absolute atomic E-state index is 10.7. The smallest absolute Gasteiger partial charge is 0.303 e. The van der Waals surface area contributed by atoms with E-state index in [4.69, 9.17) is 26.2 Å². The second-order valence-corrected chi connectivity index (χ2v) is 6.08. The highest BCUT2D eigenvalue weighted by atomic mass is 35.5. The van der Waals surface area contributed by atoms with Crippen LogP contribution < -0.4 is 9.47 Å². The van der Waals surface area contributed by atoms with Crippen LogP contribution in [0.5, 0.6) is 11.5 Å². The maximum Gasteiger partial charge on any atom is 0.303 e. The van der Waals surface area contributed by atoms with Crippen LogP contribution in [0.3, 0.4) is 0 Å². The summed E-state index contributed by atoms with van der Waals surface area (Å²) in [5.74, 6) is 0.251. The Morgan fingerprint density at radius 2 is 1.84 bits per heavy atom. The zero-order valence-corrected chi connectivity index (χ0v) is 15.1. The van der Waals surface area contributed by atoms with Crippen molar-refractivity contribution >= 4 is 17.6 Å². The van der Waals surface area contributed by atoms with Crippen molar-refractivity contribution in [3.8, 4) is 11.5 Å². The minimum Gasteiger partial charge on any atom is -0.490 e. The van der Waals surface area contributed by atoms with Gasteiger partial charge in [-0.2, -0.15) is 0 Å². The Morgan fingerprint density at radius 3 is 2.52 bits per heavy atom. The quantitative estimate of drug-likeness (QED) is 0.619. The summed E-state index contributed by atoms with van der Waals surface area (Å²) < 4.78 is 11.5. The lowest BCUT2D eigenvalue weighted by Gasteiger charge is -2.15. The molecule has 0 atom stereocenters. The highest BCUT2D eigenvalue weighted by Gasteiger charge is 2.13. The number of carbonyl (C=O) groups is 1. The van der Waals surface area contributed by atoms with Crippen molar-refractivity contribution in [3.63, 3.8) is 0 Å². The zero-order chi connectivity index (χ0) is 18.1. The lowest BCUT2D eigenvalue weighted by molar-refractivity contribution is -0.136. The van der Waals surface area contributed by atoms with Crippen molar-refractivity contribution in [2.75, 3.05) is 13.2 Å². The molecule has 4 nitrogen and oxygen atoms in total. The molecule has 0 unspecified atom stereocenters. The maximum atomic E-state index is 10.7. The Hall–Kier alpha value is -2.20. The van der Waals surface area contributed by atoms with Crippen LogP contribution in [0.2, 0.25) is 5.02 Å². The topological polar surface area (TPSA) is 55.8 Å². The van der Waals surface area contributed by atoms with Gasteiger partial charge in [-0.05, 0) is 49.4 Å². The molecule has 0 fully saturated rings. The fraction of sp³-hybridized carbons (Fsp3) is 0.350. The van der Waals surface area contributed by atoms with Gasteiger partial charge in [-0.25, -0.2) is 0 Å². The molecule has 0 spiro atoms. The monoisotopic (exact) mass is 362 g/mol. The van der Waals surface area contributed by atoms with Crippen LogP contribution in [0.25, 0.3) is 0 Å². The first-order chi connectivity index (χ1) is 12.1. The van der Waals surface area contributed by atoms with E-state index in [-0.39, 0.29) is 6.42 Å². The number of carboxylic acid groups (broad SMARTS) is 1. The van der Waals surface area contributed by atoms with Gasteiger partial charge >= 0.3 is 5.97 Å². The van der Waals surface area contributed by atoms with Gasteiger partial charge in [-0.15, -0.1) is 0 Å². The molecule has 0 amide bonds. The van der Waals surface area contributed by atoms with Gasteiger partial charge in [0.15, 0.2) is 11.5 Å². The van der Waals surface area contributed by atoms with Crippen LogP contribution in [0.1, 0.15) is 30.9 Å². The van der Waals surface area contributed by atoms with Crippen molar-refractivity contribution in [2.24, 2.45) is 0 Å². The Balaban J connectivity index is 1.99. The molecule has 5 heteroatoms. The summed E-state index contributed by atoms with van der Waals surface area (Å²) in [7, 11) is 0. The number of ether oxygens (including phenoxy) is 2. The molecule has 2 aromatic carbocycles. The van der Waals surface area contributed by atoms with Gasteiger partial charge in [0, 0.05) is 6.42 Å². The van der Waals surface area contributed by atoms with E-state index in [1.54, 1.807) is 6.07 Å². The SMILES string of the molecule is CCOc1cc(CCC(=O)O)cc(Cl)c1OCCCc1ccccc1. The van der Waals surface area contributed by atoms with E-state index >= 15 is 0 Å². The average Bonchev–Trinajstić information content (AvgIpc) is 2.59. The first-order valence-electron chi connectivity index (χ1n) is 8.44. The fourth-order valence-electron chi connectivity index (χ4n) is 2.52. The Labute approximate surface area is 153 Å².